The zero-order valence-corrected chi connectivity index (χ0v) is 20.4. The zero-order chi connectivity index (χ0) is 24.0. The maximum atomic E-state index is 13.3. The first-order valence-corrected chi connectivity index (χ1v) is 12.1. The minimum Gasteiger partial charge on any atom is -0.490 e. The van der Waals surface area contributed by atoms with E-state index in [1.54, 1.807) is 0 Å². The number of para-hydroxylation sites is 1. The van der Waals surface area contributed by atoms with Crippen molar-refractivity contribution in [2.24, 2.45) is 11.3 Å². The minimum absolute atomic E-state index is 0.0200. The number of benzene rings is 1. The Bertz CT molecular complexity index is 910. The number of carbonyl (C=O) groups is 2. The summed E-state index contributed by atoms with van der Waals surface area (Å²) in [5.74, 6) is 0.742. The van der Waals surface area contributed by atoms with E-state index in [0.29, 0.717) is 13.2 Å². The molecule has 3 aliphatic heterocycles. The maximum absolute atomic E-state index is 13.3. The van der Waals surface area contributed by atoms with Crippen molar-refractivity contribution in [3.8, 4) is 11.5 Å². The summed E-state index contributed by atoms with van der Waals surface area (Å²) in [6, 6.07) is 5.96. The van der Waals surface area contributed by atoms with Gasteiger partial charge in [0.2, 0.25) is 5.91 Å². The average molecular weight is 460 g/mol. The highest BCUT2D eigenvalue weighted by atomic mass is 16.5. The second-order valence-electron chi connectivity index (χ2n) is 11.0. The molecule has 1 aromatic carbocycles. The van der Waals surface area contributed by atoms with Crippen molar-refractivity contribution < 1.29 is 28.9 Å². The summed E-state index contributed by atoms with van der Waals surface area (Å²) in [5, 5.41) is 9.21. The Hall–Kier alpha value is -2.28. The molecule has 7 nitrogen and oxygen atoms in total. The first-order chi connectivity index (χ1) is 15.5. The molecule has 33 heavy (non-hydrogen) atoms. The molecule has 0 aliphatic carbocycles. The average Bonchev–Trinajstić information content (AvgIpc) is 2.71. The molecule has 4 atom stereocenters. The van der Waals surface area contributed by atoms with Gasteiger partial charge in [-0.3, -0.25) is 9.59 Å². The van der Waals surface area contributed by atoms with Gasteiger partial charge < -0.3 is 24.2 Å². The predicted octanol–water partition coefficient (Wildman–Crippen LogP) is 4.58. The van der Waals surface area contributed by atoms with Crippen molar-refractivity contribution in [2.75, 3.05) is 13.2 Å². The number of carbonyl (C=O) groups excluding carboxylic acids is 1. The molecule has 2 fully saturated rings. The van der Waals surface area contributed by atoms with E-state index in [-0.39, 0.29) is 42.9 Å². The van der Waals surface area contributed by atoms with Gasteiger partial charge in [-0.2, -0.15) is 0 Å². The highest BCUT2D eigenvalue weighted by molar-refractivity contribution is 5.78. The van der Waals surface area contributed by atoms with Crippen LogP contribution >= 0.6 is 0 Å². The molecular formula is C26H37NO6. The number of amides is 1. The Kier molecular flexibility index (Phi) is 6.38. The summed E-state index contributed by atoms with van der Waals surface area (Å²) in [4.78, 5) is 26.5. The third-order valence-corrected chi connectivity index (χ3v) is 7.35. The first-order valence-electron chi connectivity index (χ1n) is 12.1. The van der Waals surface area contributed by atoms with Gasteiger partial charge >= 0.3 is 5.97 Å². The quantitative estimate of drug-likeness (QED) is 0.670. The lowest BCUT2D eigenvalue weighted by atomic mass is 9.72. The van der Waals surface area contributed by atoms with E-state index in [9.17, 15) is 14.7 Å². The first kappa shape index (κ1) is 23.9. The van der Waals surface area contributed by atoms with Gasteiger partial charge in [0, 0.05) is 24.4 Å². The van der Waals surface area contributed by atoms with E-state index < -0.39 is 17.0 Å². The Labute approximate surface area is 196 Å². The van der Waals surface area contributed by atoms with Crippen LogP contribution in [0.4, 0.5) is 0 Å². The fourth-order valence-corrected chi connectivity index (χ4v) is 5.83. The highest BCUT2D eigenvalue weighted by Crippen LogP contribution is 2.54. The maximum Gasteiger partial charge on any atom is 0.303 e. The Morgan fingerprint density at radius 1 is 1.27 bits per heavy atom. The number of piperidine rings is 1. The molecule has 0 spiro atoms. The lowest BCUT2D eigenvalue weighted by Gasteiger charge is -2.54. The largest absolute Gasteiger partial charge is 0.490 e. The number of carboxylic acids is 1. The molecule has 7 heteroatoms. The number of aliphatic carboxylic acids is 1. The van der Waals surface area contributed by atoms with Crippen LogP contribution in [-0.4, -0.2) is 52.8 Å². The number of nitrogens with zero attached hydrogens (tertiary/aromatic N) is 1. The lowest BCUT2D eigenvalue weighted by Crippen LogP contribution is -2.60. The molecular weight excluding hydrogens is 422 g/mol. The summed E-state index contributed by atoms with van der Waals surface area (Å²) in [5.41, 5.74) is -0.0462. The monoisotopic (exact) mass is 459 g/mol. The number of likely N-dealkylation sites (tertiary alicyclic amines) is 1. The van der Waals surface area contributed by atoms with Crippen LogP contribution in [0.15, 0.2) is 18.2 Å². The highest BCUT2D eigenvalue weighted by Gasteiger charge is 2.53. The molecule has 1 aromatic rings. The van der Waals surface area contributed by atoms with E-state index in [4.69, 9.17) is 14.2 Å². The number of hydrogen-bond donors (Lipinski definition) is 1. The van der Waals surface area contributed by atoms with E-state index in [0.717, 1.165) is 36.3 Å². The molecule has 0 saturated carbocycles. The molecule has 182 valence electrons. The molecule has 1 amide bonds. The Balaban J connectivity index is 1.59. The standard InChI is InChI=1S/C26H37NO6/c1-6-31-20-10-7-9-16-23-17(26(4,5)33-24(16)20)13-18-19(32-23)11-8-12-27(18)21(28)14-25(2,3)15-22(29)30/h7,9-10,17-19,23H,6,8,11-15H2,1-5H3,(H,29,30)/t17-,18-,19-,23+/m0/s1. The number of fused-ring (bicyclic) bond motifs is 4. The van der Waals surface area contributed by atoms with Crippen molar-refractivity contribution in [1.82, 2.24) is 4.90 Å². The number of carboxylic acid groups (broad SMARTS) is 1. The topological polar surface area (TPSA) is 85.3 Å². The fourth-order valence-electron chi connectivity index (χ4n) is 5.83. The third kappa shape index (κ3) is 4.70. The fraction of sp³-hybridized carbons (Fsp3) is 0.692. The molecule has 0 unspecified atom stereocenters. The SMILES string of the molecule is CCOc1cccc2c1OC(C)(C)[C@H]1C[C@H]3[C@H](CCCN3C(=O)CC(C)(C)CC(=O)O)O[C@H]21. The molecule has 0 aromatic heterocycles. The van der Waals surface area contributed by atoms with Gasteiger partial charge in [-0.25, -0.2) is 0 Å². The van der Waals surface area contributed by atoms with Gasteiger partial charge in [0.05, 0.1) is 31.3 Å². The number of ether oxygens (including phenoxy) is 3. The van der Waals surface area contributed by atoms with Crippen molar-refractivity contribution in [3.63, 3.8) is 0 Å². The van der Waals surface area contributed by atoms with E-state index in [1.807, 2.05) is 37.8 Å². The molecule has 1 N–H and O–H groups in total. The molecule has 3 heterocycles. The predicted molar refractivity (Wildman–Crippen MR) is 123 cm³/mol. The van der Waals surface area contributed by atoms with Gasteiger partial charge in [-0.1, -0.05) is 26.0 Å². The Morgan fingerprint density at radius 3 is 2.73 bits per heavy atom. The molecule has 2 saturated heterocycles. The second-order valence-corrected chi connectivity index (χ2v) is 11.0. The molecule has 4 rings (SSSR count). The number of hydrogen-bond acceptors (Lipinski definition) is 5. The Morgan fingerprint density at radius 2 is 2.03 bits per heavy atom. The van der Waals surface area contributed by atoms with Gasteiger partial charge in [0.1, 0.15) is 5.60 Å². The minimum atomic E-state index is -0.876. The third-order valence-electron chi connectivity index (χ3n) is 7.35. The normalized spacial score (nSPS) is 28.1. The number of rotatable bonds is 6. The van der Waals surface area contributed by atoms with E-state index in [2.05, 4.69) is 19.9 Å². The molecule has 3 aliphatic rings. The summed E-state index contributed by atoms with van der Waals surface area (Å²) in [7, 11) is 0. The van der Waals surface area contributed by atoms with Crippen LogP contribution in [0.3, 0.4) is 0 Å². The van der Waals surface area contributed by atoms with Gasteiger partial charge in [-0.05, 0) is 51.5 Å². The van der Waals surface area contributed by atoms with Gasteiger partial charge in [-0.15, -0.1) is 0 Å². The van der Waals surface area contributed by atoms with Crippen LogP contribution in [0.1, 0.15) is 78.4 Å². The van der Waals surface area contributed by atoms with Gasteiger partial charge in [0.15, 0.2) is 11.5 Å². The van der Waals surface area contributed by atoms with Gasteiger partial charge in [0.25, 0.3) is 0 Å². The van der Waals surface area contributed by atoms with Crippen LogP contribution in [0.2, 0.25) is 0 Å². The van der Waals surface area contributed by atoms with Crippen molar-refractivity contribution >= 4 is 11.9 Å². The van der Waals surface area contributed by atoms with Crippen LogP contribution in [0, 0.1) is 11.3 Å². The summed E-state index contributed by atoms with van der Waals surface area (Å²) >= 11 is 0. The van der Waals surface area contributed by atoms with Crippen molar-refractivity contribution in [3.05, 3.63) is 23.8 Å². The zero-order valence-electron chi connectivity index (χ0n) is 20.4. The second kappa shape index (κ2) is 8.82. The van der Waals surface area contributed by atoms with Crippen LogP contribution in [-0.2, 0) is 14.3 Å². The lowest BCUT2D eigenvalue weighted by molar-refractivity contribution is -0.194. The van der Waals surface area contributed by atoms with Crippen LogP contribution in [0.5, 0.6) is 11.5 Å². The summed E-state index contributed by atoms with van der Waals surface area (Å²) in [6.07, 6.45) is 2.64. The smallest absolute Gasteiger partial charge is 0.303 e. The molecule has 0 radical (unpaired) electrons. The van der Waals surface area contributed by atoms with Crippen molar-refractivity contribution in [2.45, 2.75) is 90.6 Å². The van der Waals surface area contributed by atoms with E-state index >= 15 is 0 Å². The van der Waals surface area contributed by atoms with Crippen molar-refractivity contribution in [1.29, 1.82) is 0 Å². The summed E-state index contributed by atoms with van der Waals surface area (Å²) < 4.78 is 19.1. The van der Waals surface area contributed by atoms with Crippen LogP contribution < -0.4 is 9.47 Å². The molecule has 0 bridgehead atoms. The van der Waals surface area contributed by atoms with Crippen LogP contribution in [0.25, 0.3) is 0 Å². The van der Waals surface area contributed by atoms with E-state index in [1.165, 1.54) is 0 Å². The summed E-state index contributed by atoms with van der Waals surface area (Å²) in [6.45, 7) is 11.1.